The van der Waals surface area contributed by atoms with Crippen LogP contribution >= 0.6 is 0 Å². The van der Waals surface area contributed by atoms with Crippen LogP contribution in [-0.4, -0.2) is 39.4 Å². The van der Waals surface area contributed by atoms with Crippen molar-refractivity contribution in [3.05, 3.63) is 29.3 Å². The number of hydrogen-bond donors (Lipinski definition) is 3. The number of amides is 2. The molecule has 1 heterocycles. The molecule has 1 aliphatic heterocycles. The number of sulfonamides is 1. The van der Waals surface area contributed by atoms with E-state index in [1.807, 2.05) is 6.92 Å². The summed E-state index contributed by atoms with van der Waals surface area (Å²) in [5.74, 6) is -0.521. The minimum absolute atomic E-state index is 0.0180. The van der Waals surface area contributed by atoms with Crippen molar-refractivity contribution in [1.29, 1.82) is 0 Å². The van der Waals surface area contributed by atoms with Crippen molar-refractivity contribution < 1.29 is 18.0 Å². The van der Waals surface area contributed by atoms with E-state index in [1.54, 1.807) is 25.1 Å². The van der Waals surface area contributed by atoms with Crippen molar-refractivity contribution in [3.63, 3.8) is 0 Å². The molecule has 1 atom stereocenters. The lowest BCUT2D eigenvalue weighted by Gasteiger charge is -2.15. The summed E-state index contributed by atoms with van der Waals surface area (Å²) in [4.78, 5) is 24.0. The molecule has 25 heavy (non-hydrogen) atoms. The average molecular weight is 367 g/mol. The molecule has 1 unspecified atom stereocenters. The minimum atomic E-state index is -3.66. The lowest BCUT2D eigenvalue weighted by molar-refractivity contribution is -0.128. The van der Waals surface area contributed by atoms with Crippen LogP contribution in [0, 0.1) is 13.8 Å². The SMILES string of the molecule is Cc1ccc(S(=O)(=O)NCCC(=O)NC2CCCCNC2=O)c(C)c1. The van der Waals surface area contributed by atoms with Gasteiger partial charge in [0.2, 0.25) is 21.8 Å². The molecule has 3 N–H and O–H groups in total. The number of nitrogens with one attached hydrogen (secondary N) is 3. The molecule has 2 amide bonds. The Morgan fingerprint density at radius 3 is 2.76 bits per heavy atom. The third-order valence-electron chi connectivity index (χ3n) is 4.13. The quantitative estimate of drug-likeness (QED) is 0.690. The lowest BCUT2D eigenvalue weighted by Crippen LogP contribution is -2.46. The van der Waals surface area contributed by atoms with Crippen molar-refractivity contribution in [2.24, 2.45) is 0 Å². The van der Waals surface area contributed by atoms with Gasteiger partial charge in [0.05, 0.1) is 4.90 Å². The van der Waals surface area contributed by atoms with E-state index in [1.165, 1.54) is 0 Å². The molecule has 1 saturated heterocycles. The molecule has 1 aliphatic rings. The highest BCUT2D eigenvalue weighted by molar-refractivity contribution is 7.89. The van der Waals surface area contributed by atoms with Gasteiger partial charge in [-0.15, -0.1) is 0 Å². The monoisotopic (exact) mass is 367 g/mol. The second kappa shape index (κ2) is 8.44. The van der Waals surface area contributed by atoms with Crippen molar-refractivity contribution in [1.82, 2.24) is 15.4 Å². The first-order chi connectivity index (χ1) is 11.8. The molecule has 138 valence electrons. The summed E-state index contributed by atoms with van der Waals surface area (Å²) in [6.45, 7) is 4.24. The molecular formula is C17H25N3O4S. The largest absolute Gasteiger partial charge is 0.354 e. The first-order valence-electron chi connectivity index (χ1n) is 8.43. The smallest absolute Gasteiger partial charge is 0.242 e. The van der Waals surface area contributed by atoms with E-state index < -0.39 is 16.1 Å². The van der Waals surface area contributed by atoms with Gasteiger partial charge in [0.25, 0.3) is 0 Å². The van der Waals surface area contributed by atoms with Gasteiger partial charge < -0.3 is 10.6 Å². The third-order valence-corrected chi connectivity index (χ3v) is 5.76. The van der Waals surface area contributed by atoms with Gasteiger partial charge in [0, 0.05) is 19.5 Å². The predicted molar refractivity (Wildman–Crippen MR) is 94.5 cm³/mol. The maximum atomic E-state index is 12.3. The Morgan fingerprint density at radius 1 is 1.28 bits per heavy atom. The molecule has 0 spiro atoms. The molecule has 8 heteroatoms. The molecule has 1 aromatic carbocycles. The Morgan fingerprint density at radius 2 is 2.04 bits per heavy atom. The molecule has 2 rings (SSSR count). The van der Waals surface area contributed by atoms with Crippen LogP contribution < -0.4 is 15.4 Å². The molecular weight excluding hydrogens is 342 g/mol. The van der Waals surface area contributed by atoms with Gasteiger partial charge in [0.15, 0.2) is 0 Å². The third kappa shape index (κ3) is 5.54. The second-order valence-corrected chi connectivity index (χ2v) is 8.06. The van der Waals surface area contributed by atoms with Crippen LogP contribution in [0.1, 0.15) is 36.8 Å². The minimum Gasteiger partial charge on any atom is -0.354 e. The summed E-state index contributed by atoms with van der Waals surface area (Å²) in [5, 5.41) is 5.42. The van der Waals surface area contributed by atoms with E-state index in [-0.39, 0.29) is 29.7 Å². The Hall–Kier alpha value is -1.93. The van der Waals surface area contributed by atoms with E-state index in [0.717, 1.165) is 18.4 Å². The van der Waals surface area contributed by atoms with Crippen LogP contribution in [0.5, 0.6) is 0 Å². The number of rotatable bonds is 6. The number of benzene rings is 1. The standard InChI is InChI=1S/C17H25N3O4S/c1-12-6-7-15(13(2)11-12)25(23,24)19-10-8-16(21)20-14-5-3-4-9-18-17(14)22/h6-7,11,14,19H,3-5,8-10H2,1-2H3,(H,18,22)(H,20,21). The fourth-order valence-electron chi connectivity index (χ4n) is 2.82. The normalized spacial score (nSPS) is 18.3. The van der Waals surface area contributed by atoms with Gasteiger partial charge in [-0.05, 0) is 44.7 Å². The topological polar surface area (TPSA) is 104 Å². The molecule has 0 bridgehead atoms. The zero-order valence-electron chi connectivity index (χ0n) is 14.6. The molecule has 0 aromatic heterocycles. The second-order valence-electron chi connectivity index (χ2n) is 6.32. The lowest BCUT2D eigenvalue weighted by atomic mass is 10.1. The molecule has 1 fully saturated rings. The Labute approximate surface area is 148 Å². The van der Waals surface area contributed by atoms with Crippen LogP contribution in [0.15, 0.2) is 23.1 Å². The first kappa shape index (κ1) is 19.4. The number of carbonyl (C=O) groups is 2. The summed E-state index contributed by atoms with van der Waals surface area (Å²) in [6, 6.07) is 4.55. The van der Waals surface area contributed by atoms with E-state index in [2.05, 4.69) is 15.4 Å². The van der Waals surface area contributed by atoms with Crippen LogP contribution in [0.3, 0.4) is 0 Å². The zero-order chi connectivity index (χ0) is 18.4. The van der Waals surface area contributed by atoms with Crippen LogP contribution in [-0.2, 0) is 19.6 Å². The summed E-state index contributed by atoms with van der Waals surface area (Å²) < 4.78 is 27.1. The van der Waals surface area contributed by atoms with Gasteiger partial charge in [-0.3, -0.25) is 9.59 Å². The van der Waals surface area contributed by atoms with Crippen molar-refractivity contribution in [3.8, 4) is 0 Å². The van der Waals surface area contributed by atoms with E-state index in [0.29, 0.717) is 18.5 Å². The molecule has 0 saturated carbocycles. The van der Waals surface area contributed by atoms with Crippen LogP contribution in [0.2, 0.25) is 0 Å². The maximum absolute atomic E-state index is 12.3. The molecule has 0 radical (unpaired) electrons. The predicted octanol–water partition coefficient (Wildman–Crippen LogP) is 0.757. The van der Waals surface area contributed by atoms with E-state index in [4.69, 9.17) is 0 Å². The number of hydrogen-bond acceptors (Lipinski definition) is 4. The molecule has 1 aromatic rings. The summed E-state index contributed by atoms with van der Waals surface area (Å²) >= 11 is 0. The van der Waals surface area contributed by atoms with E-state index in [9.17, 15) is 18.0 Å². The summed E-state index contributed by atoms with van der Waals surface area (Å²) in [6.07, 6.45) is 2.34. The van der Waals surface area contributed by atoms with E-state index >= 15 is 0 Å². The van der Waals surface area contributed by atoms with Crippen molar-refractivity contribution in [2.75, 3.05) is 13.1 Å². The number of aryl methyl sites for hydroxylation is 2. The Kier molecular flexibility index (Phi) is 6.55. The highest BCUT2D eigenvalue weighted by Crippen LogP contribution is 2.16. The van der Waals surface area contributed by atoms with Gasteiger partial charge in [0.1, 0.15) is 6.04 Å². The average Bonchev–Trinajstić information content (AvgIpc) is 2.71. The number of carbonyl (C=O) groups excluding carboxylic acids is 2. The fraction of sp³-hybridized carbons (Fsp3) is 0.529. The summed E-state index contributed by atoms with van der Waals surface area (Å²) in [5.41, 5.74) is 1.64. The Balaban J connectivity index is 1.86. The van der Waals surface area contributed by atoms with Crippen LogP contribution in [0.4, 0.5) is 0 Å². The zero-order valence-corrected chi connectivity index (χ0v) is 15.4. The first-order valence-corrected chi connectivity index (χ1v) is 9.92. The van der Waals surface area contributed by atoms with Crippen molar-refractivity contribution in [2.45, 2.75) is 50.5 Å². The highest BCUT2D eigenvalue weighted by atomic mass is 32.2. The fourth-order valence-corrected chi connectivity index (χ4v) is 4.08. The van der Waals surface area contributed by atoms with Gasteiger partial charge in [-0.2, -0.15) is 0 Å². The summed E-state index contributed by atoms with van der Waals surface area (Å²) in [7, 11) is -3.66. The maximum Gasteiger partial charge on any atom is 0.242 e. The Bertz CT molecular complexity index is 746. The van der Waals surface area contributed by atoms with Crippen LogP contribution in [0.25, 0.3) is 0 Å². The highest BCUT2D eigenvalue weighted by Gasteiger charge is 2.22. The van der Waals surface area contributed by atoms with Gasteiger partial charge in [-0.25, -0.2) is 13.1 Å². The van der Waals surface area contributed by atoms with Crippen molar-refractivity contribution >= 4 is 21.8 Å². The van der Waals surface area contributed by atoms with Gasteiger partial charge in [-0.1, -0.05) is 17.7 Å². The molecule has 0 aliphatic carbocycles. The van der Waals surface area contributed by atoms with Gasteiger partial charge >= 0.3 is 0 Å². The molecule has 7 nitrogen and oxygen atoms in total.